The van der Waals surface area contributed by atoms with Gasteiger partial charge in [-0.2, -0.15) is 0 Å². The highest BCUT2D eigenvalue weighted by atomic mass is 16.5. The second-order valence-electron chi connectivity index (χ2n) is 4.19. The summed E-state index contributed by atoms with van der Waals surface area (Å²) in [6.45, 7) is 2.29. The lowest BCUT2D eigenvalue weighted by atomic mass is 9.90. The van der Waals surface area contributed by atoms with Crippen LogP contribution in [0.4, 0.5) is 4.79 Å². The van der Waals surface area contributed by atoms with Gasteiger partial charge in [-0.05, 0) is 25.2 Å². The molecule has 0 spiro atoms. The zero-order chi connectivity index (χ0) is 10.8. The highest BCUT2D eigenvalue weighted by molar-refractivity contribution is 5.67. The Balaban J connectivity index is 1.96. The molecule has 15 heavy (non-hydrogen) atoms. The summed E-state index contributed by atoms with van der Waals surface area (Å²) in [6.07, 6.45) is 4.95. The summed E-state index contributed by atoms with van der Waals surface area (Å²) < 4.78 is 4.85. The molecule has 0 aromatic rings. The first-order chi connectivity index (χ1) is 7.26. The minimum atomic E-state index is -0.373. The van der Waals surface area contributed by atoms with Crippen molar-refractivity contribution < 1.29 is 14.6 Å². The van der Waals surface area contributed by atoms with Crippen molar-refractivity contribution in [3.63, 3.8) is 0 Å². The largest absolute Gasteiger partial charge is 0.450 e. The lowest BCUT2D eigenvalue weighted by molar-refractivity contribution is 0.132. The van der Waals surface area contributed by atoms with Crippen molar-refractivity contribution in [1.29, 1.82) is 0 Å². The number of nitrogens with one attached hydrogen (secondary N) is 1. The van der Waals surface area contributed by atoms with Crippen LogP contribution in [0.15, 0.2) is 12.2 Å². The van der Waals surface area contributed by atoms with Crippen LogP contribution in [0.1, 0.15) is 13.3 Å². The zero-order valence-corrected chi connectivity index (χ0v) is 8.85. The van der Waals surface area contributed by atoms with Gasteiger partial charge in [-0.3, -0.25) is 0 Å². The number of carbonyl (C=O) groups excluding carboxylic acids is 1. The molecule has 2 bridgehead atoms. The number of amides is 1. The van der Waals surface area contributed by atoms with Crippen molar-refractivity contribution in [1.82, 2.24) is 5.32 Å². The molecule has 1 fully saturated rings. The van der Waals surface area contributed by atoms with Crippen LogP contribution in [0.5, 0.6) is 0 Å². The highest BCUT2D eigenvalue weighted by Crippen LogP contribution is 2.43. The summed E-state index contributed by atoms with van der Waals surface area (Å²) in [5, 5.41) is 12.1. The first-order valence-electron chi connectivity index (χ1n) is 5.48. The van der Waals surface area contributed by atoms with Crippen molar-refractivity contribution in [2.45, 2.75) is 19.4 Å². The zero-order valence-electron chi connectivity index (χ0n) is 8.85. The molecule has 2 N–H and O–H groups in total. The Kier molecular flexibility index (Phi) is 2.95. The Morgan fingerprint density at radius 1 is 1.53 bits per heavy atom. The molecule has 0 aliphatic heterocycles. The van der Waals surface area contributed by atoms with E-state index in [2.05, 4.69) is 17.5 Å². The third kappa shape index (κ3) is 1.86. The molecule has 1 amide bonds. The molecule has 84 valence electrons. The topological polar surface area (TPSA) is 58.6 Å². The molecule has 2 aliphatic carbocycles. The van der Waals surface area contributed by atoms with Crippen molar-refractivity contribution in [2.75, 3.05) is 13.2 Å². The average Bonchev–Trinajstić information content (AvgIpc) is 2.78. The van der Waals surface area contributed by atoms with Gasteiger partial charge in [-0.25, -0.2) is 4.79 Å². The summed E-state index contributed by atoms with van der Waals surface area (Å²) in [4.78, 5) is 11.3. The summed E-state index contributed by atoms with van der Waals surface area (Å²) in [5.41, 5.74) is 0. The predicted molar refractivity (Wildman–Crippen MR) is 55.3 cm³/mol. The number of fused-ring (bicyclic) bond motifs is 2. The Morgan fingerprint density at radius 3 is 2.93 bits per heavy atom. The van der Waals surface area contributed by atoms with Crippen molar-refractivity contribution in [3.8, 4) is 0 Å². The molecular formula is C11H17NO3. The maximum absolute atomic E-state index is 11.3. The number of ether oxygens (including phenoxy) is 1. The van der Waals surface area contributed by atoms with Gasteiger partial charge in [-0.15, -0.1) is 0 Å². The number of alkyl carbamates (subject to hydrolysis) is 1. The van der Waals surface area contributed by atoms with Crippen LogP contribution >= 0.6 is 0 Å². The predicted octanol–water partition coefficient (Wildman–Crippen LogP) is 0.915. The van der Waals surface area contributed by atoms with Gasteiger partial charge in [0.25, 0.3) is 0 Å². The SMILES string of the molecule is CCOC(=O)NC1C2C=CC(C2)C1CO. The minimum Gasteiger partial charge on any atom is -0.450 e. The van der Waals surface area contributed by atoms with Crippen LogP contribution < -0.4 is 5.32 Å². The van der Waals surface area contributed by atoms with Gasteiger partial charge in [0.15, 0.2) is 0 Å². The molecule has 0 heterocycles. The van der Waals surface area contributed by atoms with E-state index in [1.165, 1.54) is 0 Å². The van der Waals surface area contributed by atoms with E-state index < -0.39 is 0 Å². The summed E-state index contributed by atoms with van der Waals surface area (Å²) in [5.74, 6) is 0.952. The standard InChI is InChI=1S/C11H17NO3/c1-2-15-11(14)12-10-8-4-3-7(5-8)9(10)6-13/h3-4,7-10,13H,2,5-6H2,1H3,(H,12,14). The van der Waals surface area contributed by atoms with Gasteiger partial charge in [0.2, 0.25) is 0 Å². The Bertz CT molecular complexity index is 277. The molecule has 0 aromatic heterocycles. The van der Waals surface area contributed by atoms with Crippen LogP contribution in [0, 0.1) is 17.8 Å². The molecule has 2 rings (SSSR count). The Hall–Kier alpha value is -1.03. The van der Waals surface area contributed by atoms with Crippen molar-refractivity contribution in [2.24, 2.45) is 17.8 Å². The first-order valence-corrected chi connectivity index (χ1v) is 5.48. The van der Waals surface area contributed by atoms with Gasteiger partial charge in [0.1, 0.15) is 0 Å². The molecule has 2 aliphatic rings. The number of carbonyl (C=O) groups is 1. The molecule has 1 saturated carbocycles. The van der Waals surface area contributed by atoms with E-state index >= 15 is 0 Å². The van der Waals surface area contributed by atoms with E-state index in [0.717, 1.165) is 6.42 Å². The maximum atomic E-state index is 11.3. The average molecular weight is 211 g/mol. The monoisotopic (exact) mass is 211 g/mol. The molecular weight excluding hydrogens is 194 g/mol. The molecule has 4 nitrogen and oxygen atoms in total. The smallest absolute Gasteiger partial charge is 0.407 e. The summed E-state index contributed by atoms with van der Waals surface area (Å²) in [7, 11) is 0. The third-order valence-electron chi connectivity index (χ3n) is 3.39. The fourth-order valence-electron chi connectivity index (χ4n) is 2.70. The lowest BCUT2D eigenvalue weighted by Gasteiger charge is -2.26. The number of aliphatic hydroxyl groups excluding tert-OH is 1. The summed E-state index contributed by atoms with van der Waals surface area (Å²) in [6, 6.07) is 0.0454. The number of allylic oxidation sites excluding steroid dienone is 1. The molecule has 4 atom stereocenters. The van der Waals surface area contributed by atoms with Gasteiger partial charge in [0, 0.05) is 18.6 Å². The van der Waals surface area contributed by atoms with Crippen LogP contribution in [0.3, 0.4) is 0 Å². The minimum absolute atomic E-state index is 0.0454. The lowest BCUT2D eigenvalue weighted by Crippen LogP contribution is -2.44. The maximum Gasteiger partial charge on any atom is 0.407 e. The summed E-state index contributed by atoms with van der Waals surface area (Å²) >= 11 is 0. The normalized spacial score (nSPS) is 36.9. The fraction of sp³-hybridized carbons (Fsp3) is 0.727. The molecule has 0 aromatic carbocycles. The molecule has 4 unspecified atom stereocenters. The number of hydrogen-bond donors (Lipinski definition) is 2. The van der Waals surface area contributed by atoms with E-state index in [0.29, 0.717) is 18.4 Å². The highest BCUT2D eigenvalue weighted by Gasteiger charge is 2.44. The van der Waals surface area contributed by atoms with E-state index in [1.54, 1.807) is 6.92 Å². The van der Waals surface area contributed by atoms with E-state index in [-0.39, 0.29) is 24.7 Å². The number of aliphatic hydroxyl groups is 1. The van der Waals surface area contributed by atoms with Gasteiger partial charge >= 0.3 is 6.09 Å². The van der Waals surface area contributed by atoms with Crippen molar-refractivity contribution >= 4 is 6.09 Å². The van der Waals surface area contributed by atoms with E-state index in [1.807, 2.05) is 0 Å². The van der Waals surface area contributed by atoms with Crippen LogP contribution in [-0.4, -0.2) is 30.5 Å². The second-order valence-corrected chi connectivity index (χ2v) is 4.19. The number of rotatable bonds is 3. The van der Waals surface area contributed by atoms with Gasteiger partial charge < -0.3 is 15.2 Å². The Labute approximate surface area is 89.3 Å². The van der Waals surface area contributed by atoms with Gasteiger partial charge in [0.05, 0.1) is 6.61 Å². The van der Waals surface area contributed by atoms with Crippen LogP contribution in [-0.2, 0) is 4.74 Å². The van der Waals surface area contributed by atoms with Crippen LogP contribution in [0.25, 0.3) is 0 Å². The molecule has 0 radical (unpaired) electrons. The quantitative estimate of drug-likeness (QED) is 0.682. The van der Waals surface area contributed by atoms with Crippen molar-refractivity contribution in [3.05, 3.63) is 12.2 Å². The Morgan fingerprint density at radius 2 is 2.27 bits per heavy atom. The third-order valence-corrected chi connectivity index (χ3v) is 3.39. The van der Waals surface area contributed by atoms with Gasteiger partial charge in [-0.1, -0.05) is 12.2 Å². The first kappa shape index (κ1) is 10.5. The van der Waals surface area contributed by atoms with E-state index in [9.17, 15) is 9.90 Å². The number of hydrogen-bond acceptors (Lipinski definition) is 3. The molecule has 4 heteroatoms. The second kappa shape index (κ2) is 4.23. The van der Waals surface area contributed by atoms with Crippen LogP contribution in [0.2, 0.25) is 0 Å². The fourth-order valence-corrected chi connectivity index (χ4v) is 2.70. The molecule has 0 saturated heterocycles. The van der Waals surface area contributed by atoms with E-state index in [4.69, 9.17) is 4.74 Å².